The van der Waals surface area contributed by atoms with E-state index in [4.69, 9.17) is 4.74 Å². The third kappa shape index (κ3) is 5.63. The summed E-state index contributed by atoms with van der Waals surface area (Å²) in [6.45, 7) is 5.64. The van der Waals surface area contributed by atoms with Crippen LogP contribution in [0, 0.1) is 0 Å². The van der Waals surface area contributed by atoms with Crippen molar-refractivity contribution in [3.05, 3.63) is 72.3 Å². The second kappa shape index (κ2) is 10.8. The lowest BCUT2D eigenvalue weighted by Crippen LogP contribution is -2.49. The zero-order valence-corrected chi connectivity index (χ0v) is 18.6. The molecule has 1 amide bonds. The van der Waals surface area contributed by atoms with E-state index in [1.54, 1.807) is 0 Å². The fraction of sp³-hybridized carbons (Fsp3) is 0.346. The summed E-state index contributed by atoms with van der Waals surface area (Å²) in [4.78, 5) is 16.7. The van der Waals surface area contributed by atoms with Gasteiger partial charge < -0.3 is 14.5 Å². The number of aryl methyl sites for hydroxylation is 1. The molecule has 166 valence electrons. The van der Waals surface area contributed by atoms with Crippen LogP contribution in [-0.2, 0) is 11.2 Å². The molecule has 1 fully saturated rings. The molecule has 3 aromatic rings. The van der Waals surface area contributed by atoms with E-state index in [1.165, 1.54) is 5.56 Å². The molecule has 0 spiro atoms. The van der Waals surface area contributed by atoms with Crippen LogP contribution in [0.5, 0.6) is 5.75 Å². The van der Waals surface area contributed by atoms with Gasteiger partial charge >= 0.3 is 0 Å². The number of anilines is 1. The van der Waals surface area contributed by atoms with Gasteiger partial charge in [-0.25, -0.2) is 0 Å². The molecule has 1 aliphatic rings. The summed E-state index contributed by atoms with van der Waals surface area (Å²) in [5.74, 6) is 1.96. The van der Waals surface area contributed by atoms with Crippen molar-refractivity contribution in [1.29, 1.82) is 0 Å². The predicted molar refractivity (Wildman–Crippen MR) is 127 cm³/mol. The van der Waals surface area contributed by atoms with Crippen LogP contribution in [-0.4, -0.2) is 53.8 Å². The zero-order chi connectivity index (χ0) is 22.2. The molecule has 4 rings (SSSR count). The van der Waals surface area contributed by atoms with Crippen LogP contribution in [0.2, 0.25) is 0 Å². The summed E-state index contributed by atoms with van der Waals surface area (Å²) in [5, 5.41) is 8.84. The van der Waals surface area contributed by atoms with Crippen molar-refractivity contribution >= 4 is 11.7 Å². The van der Waals surface area contributed by atoms with Gasteiger partial charge in [0, 0.05) is 38.2 Å². The zero-order valence-electron chi connectivity index (χ0n) is 18.6. The first-order valence-electron chi connectivity index (χ1n) is 11.4. The lowest BCUT2D eigenvalue weighted by Gasteiger charge is -2.35. The smallest absolute Gasteiger partial charge is 0.222 e. The van der Waals surface area contributed by atoms with Crippen molar-refractivity contribution in [3.63, 3.8) is 0 Å². The van der Waals surface area contributed by atoms with Crippen molar-refractivity contribution in [2.24, 2.45) is 0 Å². The fourth-order valence-corrected chi connectivity index (χ4v) is 3.97. The number of benzene rings is 2. The van der Waals surface area contributed by atoms with Gasteiger partial charge in [0.25, 0.3) is 0 Å². The van der Waals surface area contributed by atoms with E-state index in [9.17, 15) is 4.79 Å². The maximum absolute atomic E-state index is 12.6. The van der Waals surface area contributed by atoms with Crippen molar-refractivity contribution in [2.45, 2.75) is 26.2 Å². The Morgan fingerprint density at radius 1 is 0.906 bits per heavy atom. The minimum absolute atomic E-state index is 0.248. The van der Waals surface area contributed by atoms with Crippen molar-refractivity contribution in [3.8, 4) is 17.0 Å². The Kier molecular flexibility index (Phi) is 7.33. The fourth-order valence-electron chi connectivity index (χ4n) is 3.97. The standard InChI is InChI=1S/C26H30N4O2/c1-2-32-23-13-11-22(12-14-23)24-15-16-25(28-27-24)29-17-19-30(20-18-29)26(31)10-6-9-21-7-4-3-5-8-21/h3-5,7-8,11-16H,2,6,9-10,17-20H2,1H3. The normalized spacial score (nSPS) is 13.8. The number of carbonyl (C=O) groups is 1. The molecule has 0 atom stereocenters. The van der Waals surface area contributed by atoms with Gasteiger partial charge in [0.2, 0.25) is 5.91 Å². The van der Waals surface area contributed by atoms with Crippen molar-refractivity contribution < 1.29 is 9.53 Å². The van der Waals surface area contributed by atoms with E-state index in [0.29, 0.717) is 13.0 Å². The van der Waals surface area contributed by atoms with Gasteiger partial charge in [-0.05, 0) is 61.7 Å². The Balaban J connectivity index is 1.25. The number of carbonyl (C=O) groups excluding carboxylic acids is 1. The second-order valence-electron chi connectivity index (χ2n) is 7.94. The average molecular weight is 431 g/mol. The molecular formula is C26H30N4O2. The number of ether oxygens (including phenoxy) is 1. The number of amides is 1. The highest BCUT2D eigenvalue weighted by Gasteiger charge is 2.21. The van der Waals surface area contributed by atoms with Crippen LogP contribution >= 0.6 is 0 Å². The molecule has 0 aliphatic carbocycles. The summed E-state index contributed by atoms with van der Waals surface area (Å²) in [5.41, 5.74) is 3.14. The van der Waals surface area contributed by atoms with Gasteiger partial charge in [0.1, 0.15) is 5.75 Å². The monoisotopic (exact) mass is 430 g/mol. The Morgan fingerprint density at radius 2 is 1.66 bits per heavy atom. The van der Waals surface area contributed by atoms with Crippen LogP contribution in [0.25, 0.3) is 11.3 Å². The minimum atomic E-state index is 0.248. The SMILES string of the molecule is CCOc1ccc(-c2ccc(N3CCN(C(=O)CCCc4ccccc4)CC3)nn2)cc1. The highest BCUT2D eigenvalue weighted by molar-refractivity contribution is 5.76. The highest BCUT2D eigenvalue weighted by atomic mass is 16.5. The molecule has 0 radical (unpaired) electrons. The molecule has 0 N–H and O–H groups in total. The molecule has 1 aromatic heterocycles. The average Bonchev–Trinajstić information content (AvgIpc) is 2.86. The number of nitrogens with zero attached hydrogens (tertiary/aromatic N) is 4. The lowest BCUT2D eigenvalue weighted by molar-refractivity contribution is -0.131. The van der Waals surface area contributed by atoms with E-state index in [2.05, 4.69) is 27.2 Å². The summed E-state index contributed by atoms with van der Waals surface area (Å²) < 4.78 is 5.49. The van der Waals surface area contributed by atoms with E-state index >= 15 is 0 Å². The molecule has 1 aliphatic heterocycles. The summed E-state index contributed by atoms with van der Waals surface area (Å²) in [7, 11) is 0. The Morgan fingerprint density at radius 3 is 2.31 bits per heavy atom. The third-order valence-corrected chi connectivity index (χ3v) is 5.77. The van der Waals surface area contributed by atoms with E-state index in [0.717, 1.165) is 61.8 Å². The summed E-state index contributed by atoms with van der Waals surface area (Å²) in [6.07, 6.45) is 2.44. The maximum Gasteiger partial charge on any atom is 0.222 e. The van der Waals surface area contributed by atoms with Crippen molar-refractivity contribution in [2.75, 3.05) is 37.7 Å². The molecule has 2 heterocycles. The molecule has 2 aromatic carbocycles. The molecule has 0 bridgehead atoms. The predicted octanol–water partition coefficient (Wildman–Crippen LogP) is 4.21. The number of rotatable bonds is 8. The van der Waals surface area contributed by atoms with Gasteiger partial charge in [-0.2, -0.15) is 0 Å². The number of piperazine rings is 1. The van der Waals surface area contributed by atoms with Gasteiger partial charge in [-0.15, -0.1) is 10.2 Å². The van der Waals surface area contributed by atoms with Crippen LogP contribution in [0.1, 0.15) is 25.3 Å². The Bertz CT molecular complexity index is 983. The number of aromatic nitrogens is 2. The first-order valence-corrected chi connectivity index (χ1v) is 11.4. The first-order chi connectivity index (χ1) is 15.7. The van der Waals surface area contributed by atoms with Crippen LogP contribution in [0.15, 0.2) is 66.7 Å². The van der Waals surface area contributed by atoms with Gasteiger partial charge in [-0.3, -0.25) is 4.79 Å². The molecule has 0 saturated carbocycles. The van der Waals surface area contributed by atoms with Gasteiger partial charge in [0.15, 0.2) is 5.82 Å². The molecule has 0 unspecified atom stereocenters. The van der Waals surface area contributed by atoms with E-state index < -0.39 is 0 Å². The molecular weight excluding hydrogens is 400 g/mol. The summed E-state index contributed by atoms with van der Waals surface area (Å²) >= 11 is 0. The maximum atomic E-state index is 12.6. The Labute approximate surface area is 189 Å². The largest absolute Gasteiger partial charge is 0.494 e. The van der Waals surface area contributed by atoms with Crippen LogP contribution in [0.4, 0.5) is 5.82 Å². The van der Waals surface area contributed by atoms with Crippen LogP contribution in [0.3, 0.4) is 0 Å². The third-order valence-electron chi connectivity index (χ3n) is 5.77. The molecule has 32 heavy (non-hydrogen) atoms. The summed E-state index contributed by atoms with van der Waals surface area (Å²) in [6, 6.07) is 22.2. The second-order valence-corrected chi connectivity index (χ2v) is 7.94. The molecule has 6 heteroatoms. The molecule has 1 saturated heterocycles. The van der Waals surface area contributed by atoms with Gasteiger partial charge in [0.05, 0.1) is 12.3 Å². The van der Waals surface area contributed by atoms with Crippen LogP contribution < -0.4 is 9.64 Å². The van der Waals surface area contributed by atoms with E-state index in [1.807, 2.05) is 66.4 Å². The Hall–Kier alpha value is -3.41. The highest BCUT2D eigenvalue weighted by Crippen LogP contribution is 2.22. The number of hydrogen-bond donors (Lipinski definition) is 0. The lowest BCUT2D eigenvalue weighted by atomic mass is 10.1. The topological polar surface area (TPSA) is 58.6 Å². The first kappa shape index (κ1) is 21.8. The van der Waals surface area contributed by atoms with Gasteiger partial charge in [-0.1, -0.05) is 30.3 Å². The molecule has 6 nitrogen and oxygen atoms in total. The van der Waals surface area contributed by atoms with E-state index in [-0.39, 0.29) is 5.91 Å². The quantitative estimate of drug-likeness (QED) is 0.536. The number of hydrogen-bond acceptors (Lipinski definition) is 5. The van der Waals surface area contributed by atoms with Crippen molar-refractivity contribution in [1.82, 2.24) is 15.1 Å². The minimum Gasteiger partial charge on any atom is -0.494 e.